The molecule has 0 aliphatic carbocycles. The van der Waals surface area contributed by atoms with Crippen molar-refractivity contribution >= 4 is 0 Å². The average molecular weight is 271 g/mol. The molecule has 1 aromatic carbocycles. The lowest BCUT2D eigenvalue weighted by molar-refractivity contribution is 0.465. The molecule has 1 aromatic heterocycles. The van der Waals surface area contributed by atoms with Gasteiger partial charge >= 0.3 is 0 Å². The first-order valence-corrected chi connectivity index (χ1v) is 6.97. The third-order valence-corrected chi connectivity index (χ3v) is 3.09. The van der Waals surface area contributed by atoms with Crippen molar-refractivity contribution in [1.82, 2.24) is 9.78 Å². The minimum atomic E-state index is -0.0535. The zero-order valence-electron chi connectivity index (χ0n) is 12.0. The molecule has 1 heterocycles. The van der Waals surface area contributed by atoms with Crippen LogP contribution in [0.1, 0.15) is 19.4 Å². The standard InChI is InChI=1S/C16H21N3O/c1-12(2)11-19-16(20)8-7-15(18-19)14-5-3-13(4-6-14)9-10-17/h3-8,12H,9-11,17H2,1-2H3. The number of nitrogens with two attached hydrogens (primary N) is 1. The van der Waals surface area contributed by atoms with E-state index in [1.54, 1.807) is 12.1 Å². The van der Waals surface area contributed by atoms with Gasteiger partial charge in [-0.2, -0.15) is 5.10 Å². The largest absolute Gasteiger partial charge is 0.330 e. The quantitative estimate of drug-likeness (QED) is 0.905. The summed E-state index contributed by atoms with van der Waals surface area (Å²) in [6, 6.07) is 11.5. The second-order valence-electron chi connectivity index (χ2n) is 5.37. The van der Waals surface area contributed by atoms with Gasteiger partial charge in [-0.15, -0.1) is 0 Å². The molecule has 0 aliphatic heterocycles. The fourth-order valence-electron chi connectivity index (χ4n) is 2.09. The highest BCUT2D eigenvalue weighted by Crippen LogP contribution is 2.16. The minimum absolute atomic E-state index is 0.0535. The van der Waals surface area contributed by atoms with E-state index in [-0.39, 0.29) is 5.56 Å². The normalized spacial score (nSPS) is 11.0. The molecule has 0 radical (unpaired) electrons. The summed E-state index contributed by atoms with van der Waals surface area (Å²) in [6.07, 6.45) is 0.876. The highest BCUT2D eigenvalue weighted by Gasteiger charge is 2.05. The molecule has 106 valence electrons. The van der Waals surface area contributed by atoms with E-state index in [0.29, 0.717) is 19.0 Å². The van der Waals surface area contributed by atoms with Gasteiger partial charge in [0.05, 0.1) is 5.69 Å². The van der Waals surface area contributed by atoms with Crippen molar-refractivity contribution in [3.05, 3.63) is 52.3 Å². The highest BCUT2D eigenvalue weighted by atomic mass is 16.1. The van der Waals surface area contributed by atoms with Crippen molar-refractivity contribution in [2.24, 2.45) is 11.7 Å². The van der Waals surface area contributed by atoms with Gasteiger partial charge in [0.1, 0.15) is 0 Å². The third-order valence-electron chi connectivity index (χ3n) is 3.09. The topological polar surface area (TPSA) is 60.9 Å². The van der Waals surface area contributed by atoms with Gasteiger partial charge < -0.3 is 5.73 Å². The van der Waals surface area contributed by atoms with Crippen LogP contribution < -0.4 is 11.3 Å². The summed E-state index contributed by atoms with van der Waals surface area (Å²) >= 11 is 0. The summed E-state index contributed by atoms with van der Waals surface area (Å²) < 4.78 is 1.54. The zero-order chi connectivity index (χ0) is 14.5. The predicted molar refractivity (Wildman–Crippen MR) is 81.5 cm³/mol. The van der Waals surface area contributed by atoms with E-state index in [0.717, 1.165) is 17.7 Å². The lowest BCUT2D eigenvalue weighted by Crippen LogP contribution is -2.24. The molecule has 4 heteroatoms. The van der Waals surface area contributed by atoms with Crippen LogP contribution in [0.3, 0.4) is 0 Å². The fourth-order valence-corrected chi connectivity index (χ4v) is 2.09. The van der Waals surface area contributed by atoms with Crippen LogP contribution >= 0.6 is 0 Å². The number of nitrogens with zero attached hydrogens (tertiary/aromatic N) is 2. The summed E-state index contributed by atoms with van der Waals surface area (Å²) in [5, 5.41) is 4.44. The van der Waals surface area contributed by atoms with E-state index in [1.807, 2.05) is 12.1 Å². The Kier molecular flexibility index (Phi) is 4.69. The lowest BCUT2D eigenvalue weighted by Gasteiger charge is -2.09. The second-order valence-corrected chi connectivity index (χ2v) is 5.37. The maximum Gasteiger partial charge on any atom is 0.266 e. The molecule has 20 heavy (non-hydrogen) atoms. The van der Waals surface area contributed by atoms with E-state index in [9.17, 15) is 4.79 Å². The van der Waals surface area contributed by atoms with Crippen molar-refractivity contribution in [2.75, 3.05) is 6.54 Å². The Hall–Kier alpha value is -1.94. The molecule has 0 saturated carbocycles. The summed E-state index contributed by atoms with van der Waals surface area (Å²) in [5.41, 5.74) is 8.54. The predicted octanol–water partition coefficient (Wildman–Crippen LogP) is 2.07. The Balaban J connectivity index is 2.30. The molecule has 4 nitrogen and oxygen atoms in total. The third kappa shape index (κ3) is 3.54. The van der Waals surface area contributed by atoms with Gasteiger partial charge in [-0.1, -0.05) is 38.1 Å². The molecular formula is C16H21N3O. The van der Waals surface area contributed by atoms with Gasteiger partial charge in [0.2, 0.25) is 0 Å². The Labute approximate surface area is 119 Å². The lowest BCUT2D eigenvalue weighted by atomic mass is 10.1. The summed E-state index contributed by atoms with van der Waals surface area (Å²) in [5.74, 6) is 0.391. The van der Waals surface area contributed by atoms with Gasteiger partial charge in [0.15, 0.2) is 0 Å². The minimum Gasteiger partial charge on any atom is -0.330 e. The molecule has 2 N–H and O–H groups in total. The smallest absolute Gasteiger partial charge is 0.266 e. The number of hydrogen-bond acceptors (Lipinski definition) is 3. The first-order chi connectivity index (χ1) is 9.60. The molecule has 2 aromatic rings. The highest BCUT2D eigenvalue weighted by molar-refractivity contribution is 5.58. The molecule has 0 fully saturated rings. The van der Waals surface area contributed by atoms with Crippen LogP contribution in [-0.4, -0.2) is 16.3 Å². The molecule has 0 atom stereocenters. The number of hydrogen-bond donors (Lipinski definition) is 1. The van der Waals surface area contributed by atoms with Crippen LogP contribution in [0.5, 0.6) is 0 Å². The maximum atomic E-state index is 11.8. The second kappa shape index (κ2) is 6.48. The van der Waals surface area contributed by atoms with Crippen molar-refractivity contribution < 1.29 is 0 Å². The number of rotatable bonds is 5. The summed E-state index contributed by atoms with van der Waals surface area (Å²) in [6.45, 7) is 5.43. The molecule has 0 saturated heterocycles. The maximum absolute atomic E-state index is 11.8. The first-order valence-electron chi connectivity index (χ1n) is 6.97. The van der Waals surface area contributed by atoms with E-state index in [2.05, 4.69) is 31.1 Å². The Bertz CT molecular complexity index is 614. The van der Waals surface area contributed by atoms with Crippen LogP contribution in [0.4, 0.5) is 0 Å². The molecule has 0 bridgehead atoms. The Morgan fingerprint density at radius 3 is 2.45 bits per heavy atom. The van der Waals surface area contributed by atoms with Gasteiger partial charge in [0.25, 0.3) is 5.56 Å². The van der Waals surface area contributed by atoms with Gasteiger partial charge in [-0.05, 0) is 30.5 Å². The molecule has 2 rings (SSSR count). The van der Waals surface area contributed by atoms with Crippen LogP contribution in [0.25, 0.3) is 11.3 Å². The Morgan fingerprint density at radius 1 is 1.15 bits per heavy atom. The van der Waals surface area contributed by atoms with Gasteiger partial charge in [0, 0.05) is 18.2 Å². The molecular weight excluding hydrogens is 250 g/mol. The van der Waals surface area contributed by atoms with E-state index < -0.39 is 0 Å². The average Bonchev–Trinajstić information content (AvgIpc) is 2.42. The van der Waals surface area contributed by atoms with E-state index in [4.69, 9.17) is 5.73 Å². The Morgan fingerprint density at radius 2 is 1.85 bits per heavy atom. The van der Waals surface area contributed by atoms with Crippen LogP contribution in [0.2, 0.25) is 0 Å². The van der Waals surface area contributed by atoms with Crippen molar-refractivity contribution in [3.63, 3.8) is 0 Å². The molecule has 0 spiro atoms. The van der Waals surface area contributed by atoms with E-state index in [1.165, 1.54) is 10.2 Å². The number of aromatic nitrogens is 2. The van der Waals surface area contributed by atoms with Gasteiger partial charge in [-0.25, -0.2) is 4.68 Å². The van der Waals surface area contributed by atoms with Crippen LogP contribution in [0.15, 0.2) is 41.2 Å². The zero-order valence-corrected chi connectivity index (χ0v) is 12.0. The van der Waals surface area contributed by atoms with Gasteiger partial charge in [-0.3, -0.25) is 4.79 Å². The van der Waals surface area contributed by atoms with Crippen molar-refractivity contribution in [1.29, 1.82) is 0 Å². The van der Waals surface area contributed by atoms with Crippen molar-refractivity contribution in [2.45, 2.75) is 26.8 Å². The molecule has 0 aliphatic rings. The fraction of sp³-hybridized carbons (Fsp3) is 0.375. The van der Waals surface area contributed by atoms with E-state index >= 15 is 0 Å². The molecule has 0 amide bonds. The summed E-state index contributed by atoms with van der Waals surface area (Å²) in [7, 11) is 0. The van der Waals surface area contributed by atoms with Crippen LogP contribution in [-0.2, 0) is 13.0 Å². The van der Waals surface area contributed by atoms with Crippen molar-refractivity contribution in [3.8, 4) is 11.3 Å². The summed E-state index contributed by atoms with van der Waals surface area (Å²) in [4.78, 5) is 11.8. The monoisotopic (exact) mass is 271 g/mol. The SMILES string of the molecule is CC(C)Cn1nc(-c2ccc(CCN)cc2)ccc1=O. The van der Waals surface area contributed by atoms with Crippen LogP contribution in [0, 0.1) is 5.92 Å². The molecule has 0 unspecified atom stereocenters. The first kappa shape index (κ1) is 14.5. The number of benzene rings is 1.